The molecule has 0 aliphatic rings. The third-order valence-corrected chi connectivity index (χ3v) is 2.49. The number of rotatable bonds is 6. The monoisotopic (exact) mass is 252 g/mol. The van der Waals surface area contributed by atoms with Gasteiger partial charge in [-0.25, -0.2) is 0 Å². The molecule has 5 heteroatoms. The first-order chi connectivity index (χ1) is 8.58. The molecule has 0 aliphatic carbocycles. The Morgan fingerprint density at radius 1 is 1.33 bits per heavy atom. The van der Waals surface area contributed by atoms with E-state index >= 15 is 0 Å². The highest BCUT2D eigenvalue weighted by molar-refractivity contribution is 5.80. The lowest BCUT2D eigenvalue weighted by Gasteiger charge is -2.13. The Balaban J connectivity index is 2.79. The van der Waals surface area contributed by atoms with Gasteiger partial charge in [0.2, 0.25) is 5.91 Å². The van der Waals surface area contributed by atoms with Crippen LogP contribution in [0.4, 0.5) is 0 Å². The van der Waals surface area contributed by atoms with E-state index in [0.29, 0.717) is 18.0 Å². The van der Waals surface area contributed by atoms with E-state index in [1.165, 1.54) is 0 Å². The van der Waals surface area contributed by atoms with Crippen molar-refractivity contribution < 1.29 is 14.3 Å². The zero-order valence-corrected chi connectivity index (χ0v) is 11.0. The van der Waals surface area contributed by atoms with Crippen molar-refractivity contribution >= 4 is 5.91 Å². The van der Waals surface area contributed by atoms with E-state index in [-0.39, 0.29) is 18.4 Å². The summed E-state index contributed by atoms with van der Waals surface area (Å²) in [6.07, 6.45) is 0.208. The maximum atomic E-state index is 11.8. The minimum absolute atomic E-state index is 0.0616. The molecule has 100 valence electrons. The SMILES string of the molecule is COc1cccc(OC)c1CC(=O)NCC(C)N. The van der Waals surface area contributed by atoms with Gasteiger partial charge >= 0.3 is 0 Å². The van der Waals surface area contributed by atoms with E-state index in [0.717, 1.165) is 5.56 Å². The first-order valence-electron chi connectivity index (χ1n) is 5.80. The molecule has 1 aromatic carbocycles. The summed E-state index contributed by atoms with van der Waals surface area (Å²) < 4.78 is 10.5. The van der Waals surface area contributed by atoms with Crippen molar-refractivity contribution in [1.29, 1.82) is 0 Å². The van der Waals surface area contributed by atoms with E-state index in [2.05, 4.69) is 5.32 Å². The number of hydrogen-bond donors (Lipinski definition) is 2. The lowest BCUT2D eigenvalue weighted by atomic mass is 10.1. The van der Waals surface area contributed by atoms with E-state index < -0.39 is 0 Å². The molecule has 0 fully saturated rings. The summed E-state index contributed by atoms with van der Waals surface area (Å²) in [4.78, 5) is 11.8. The fourth-order valence-corrected chi connectivity index (χ4v) is 1.60. The van der Waals surface area contributed by atoms with Crippen molar-refractivity contribution in [3.05, 3.63) is 23.8 Å². The highest BCUT2D eigenvalue weighted by Gasteiger charge is 2.13. The summed E-state index contributed by atoms with van der Waals surface area (Å²) in [7, 11) is 3.14. The lowest BCUT2D eigenvalue weighted by Crippen LogP contribution is -2.36. The minimum atomic E-state index is -0.102. The Morgan fingerprint density at radius 2 is 1.89 bits per heavy atom. The predicted molar refractivity (Wildman–Crippen MR) is 69.9 cm³/mol. The van der Waals surface area contributed by atoms with Gasteiger partial charge in [-0.2, -0.15) is 0 Å². The number of carbonyl (C=O) groups excluding carboxylic acids is 1. The zero-order valence-electron chi connectivity index (χ0n) is 11.0. The molecule has 0 spiro atoms. The molecule has 1 rings (SSSR count). The summed E-state index contributed by atoms with van der Waals surface area (Å²) in [6, 6.07) is 5.36. The molecule has 18 heavy (non-hydrogen) atoms. The molecule has 0 saturated carbocycles. The summed E-state index contributed by atoms with van der Waals surface area (Å²) in [5, 5.41) is 2.76. The molecule has 0 heterocycles. The second kappa shape index (κ2) is 6.86. The van der Waals surface area contributed by atoms with Crippen molar-refractivity contribution in [2.75, 3.05) is 20.8 Å². The zero-order chi connectivity index (χ0) is 13.5. The van der Waals surface area contributed by atoms with Crippen LogP contribution in [0.2, 0.25) is 0 Å². The molecule has 0 aromatic heterocycles. The number of benzene rings is 1. The average molecular weight is 252 g/mol. The molecule has 3 N–H and O–H groups in total. The first kappa shape index (κ1) is 14.3. The largest absolute Gasteiger partial charge is 0.496 e. The number of carbonyl (C=O) groups is 1. The second-order valence-electron chi connectivity index (χ2n) is 4.10. The fourth-order valence-electron chi connectivity index (χ4n) is 1.60. The minimum Gasteiger partial charge on any atom is -0.496 e. The van der Waals surface area contributed by atoms with Gasteiger partial charge in [0.05, 0.1) is 20.6 Å². The molecule has 1 unspecified atom stereocenters. The second-order valence-corrected chi connectivity index (χ2v) is 4.10. The summed E-state index contributed by atoms with van der Waals surface area (Å²) in [5.74, 6) is 1.19. The number of hydrogen-bond acceptors (Lipinski definition) is 4. The Hall–Kier alpha value is -1.75. The van der Waals surface area contributed by atoms with Crippen LogP contribution in [-0.4, -0.2) is 32.7 Å². The molecule has 1 atom stereocenters. The third-order valence-electron chi connectivity index (χ3n) is 2.49. The molecule has 1 aromatic rings. The van der Waals surface area contributed by atoms with Crippen LogP contribution >= 0.6 is 0 Å². The van der Waals surface area contributed by atoms with Gasteiger partial charge < -0.3 is 20.5 Å². The molecular formula is C13H20N2O3. The number of amides is 1. The van der Waals surface area contributed by atoms with Crippen LogP contribution in [0.1, 0.15) is 12.5 Å². The van der Waals surface area contributed by atoms with E-state index in [9.17, 15) is 4.79 Å². The molecular weight excluding hydrogens is 232 g/mol. The normalized spacial score (nSPS) is 11.8. The fraction of sp³-hybridized carbons (Fsp3) is 0.462. The first-order valence-corrected chi connectivity index (χ1v) is 5.80. The maximum Gasteiger partial charge on any atom is 0.224 e. The average Bonchev–Trinajstić information content (AvgIpc) is 2.36. The highest BCUT2D eigenvalue weighted by atomic mass is 16.5. The quantitative estimate of drug-likeness (QED) is 0.782. The van der Waals surface area contributed by atoms with Crippen LogP contribution in [0.3, 0.4) is 0 Å². The van der Waals surface area contributed by atoms with Gasteiger partial charge in [-0.3, -0.25) is 4.79 Å². The van der Waals surface area contributed by atoms with Crippen LogP contribution < -0.4 is 20.5 Å². The van der Waals surface area contributed by atoms with Gasteiger partial charge in [0, 0.05) is 18.2 Å². The molecule has 0 saturated heterocycles. The van der Waals surface area contributed by atoms with Gasteiger partial charge in [0.25, 0.3) is 0 Å². The van der Waals surface area contributed by atoms with Crippen LogP contribution in [0.15, 0.2) is 18.2 Å². The van der Waals surface area contributed by atoms with Gasteiger partial charge in [-0.15, -0.1) is 0 Å². The van der Waals surface area contributed by atoms with Crippen LogP contribution in [-0.2, 0) is 11.2 Å². The molecule has 5 nitrogen and oxygen atoms in total. The highest BCUT2D eigenvalue weighted by Crippen LogP contribution is 2.28. The van der Waals surface area contributed by atoms with Gasteiger partial charge in [-0.1, -0.05) is 6.07 Å². The van der Waals surface area contributed by atoms with E-state index in [1.54, 1.807) is 26.4 Å². The van der Waals surface area contributed by atoms with Gasteiger partial charge in [0.1, 0.15) is 11.5 Å². The van der Waals surface area contributed by atoms with Crippen molar-refractivity contribution in [1.82, 2.24) is 5.32 Å². The Bertz CT molecular complexity index is 383. The summed E-state index contributed by atoms with van der Waals surface area (Å²) >= 11 is 0. The molecule has 0 bridgehead atoms. The van der Waals surface area contributed by atoms with Crippen molar-refractivity contribution in [3.8, 4) is 11.5 Å². The van der Waals surface area contributed by atoms with Crippen molar-refractivity contribution in [3.63, 3.8) is 0 Å². The summed E-state index contributed by atoms with van der Waals surface area (Å²) in [6.45, 7) is 2.29. The van der Waals surface area contributed by atoms with Crippen molar-refractivity contribution in [2.24, 2.45) is 5.73 Å². The van der Waals surface area contributed by atoms with E-state index in [4.69, 9.17) is 15.2 Å². The van der Waals surface area contributed by atoms with Crippen LogP contribution in [0.25, 0.3) is 0 Å². The van der Waals surface area contributed by atoms with E-state index in [1.807, 2.05) is 13.0 Å². The predicted octanol–water partition coefficient (Wildman–Crippen LogP) is 0.710. The molecule has 0 aliphatic heterocycles. The topological polar surface area (TPSA) is 73.6 Å². The maximum absolute atomic E-state index is 11.8. The Morgan fingerprint density at radius 3 is 2.33 bits per heavy atom. The smallest absolute Gasteiger partial charge is 0.224 e. The number of nitrogens with two attached hydrogens (primary N) is 1. The van der Waals surface area contributed by atoms with Gasteiger partial charge in [0.15, 0.2) is 0 Å². The molecule has 1 amide bonds. The Kier molecular flexibility index (Phi) is 5.45. The lowest BCUT2D eigenvalue weighted by molar-refractivity contribution is -0.120. The number of nitrogens with one attached hydrogen (secondary N) is 1. The van der Waals surface area contributed by atoms with Gasteiger partial charge in [-0.05, 0) is 19.1 Å². The standard InChI is InChI=1S/C13H20N2O3/c1-9(14)8-15-13(16)7-10-11(17-2)5-4-6-12(10)18-3/h4-6,9H,7-8,14H2,1-3H3,(H,15,16). The Labute approximate surface area is 107 Å². The van der Waals surface area contributed by atoms with Crippen molar-refractivity contribution in [2.45, 2.75) is 19.4 Å². The number of ether oxygens (including phenoxy) is 2. The van der Waals surface area contributed by atoms with Crippen LogP contribution in [0.5, 0.6) is 11.5 Å². The van der Waals surface area contributed by atoms with Crippen LogP contribution in [0, 0.1) is 0 Å². The molecule has 0 radical (unpaired) electrons. The summed E-state index contributed by atoms with van der Waals surface area (Å²) in [5.41, 5.74) is 6.32. The third kappa shape index (κ3) is 3.92. The number of methoxy groups -OCH3 is 2.